The molecular weight excluding hydrogens is 266 g/mol. The molecule has 0 amide bonds. The van der Waals surface area contributed by atoms with E-state index in [0.717, 1.165) is 0 Å². The van der Waals surface area contributed by atoms with Gasteiger partial charge in [-0.2, -0.15) is 8.42 Å². The first-order chi connectivity index (χ1) is 8.94. The molecule has 7 heteroatoms. The van der Waals surface area contributed by atoms with E-state index >= 15 is 0 Å². The van der Waals surface area contributed by atoms with Crippen molar-refractivity contribution >= 4 is 15.7 Å². The van der Waals surface area contributed by atoms with Gasteiger partial charge in [0.15, 0.2) is 5.03 Å². The summed E-state index contributed by atoms with van der Waals surface area (Å²) in [4.78, 5) is 3.85. The third kappa shape index (κ3) is 2.70. The van der Waals surface area contributed by atoms with Crippen LogP contribution in [0.3, 0.4) is 0 Å². The number of para-hydroxylation sites is 1. The summed E-state index contributed by atoms with van der Waals surface area (Å²) >= 11 is 0. The van der Waals surface area contributed by atoms with E-state index < -0.39 is 10.0 Å². The summed E-state index contributed by atoms with van der Waals surface area (Å²) in [6.45, 7) is 4.24. The van der Waals surface area contributed by atoms with Crippen molar-refractivity contribution in [2.24, 2.45) is 0 Å². The molecule has 0 unspecified atom stereocenters. The molecule has 0 aliphatic rings. The van der Waals surface area contributed by atoms with Gasteiger partial charge in [0.25, 0.3) is 10.0 Å². The largest absolute Gasteiger partial charge is 0.506 e. The zero-order valence-corrected chi connectivity index (χ0v) is 11.5. The summed E-state index contributed by atoms with van der Waals surface area (Å²) < 4.78 is 28.3. The van der Waals surface area contributed by atoms with Crippen molar-refractivity contribution in [3.05, 3.63) is 36.3 Å². The van der Waals surface area contributed by atoms with Gasteiger partial charge in [-0.15, -0.1) is 0 Å². The second kappa shape index (κ2) is 4.93. The summed E-state index contributed by atoms with van der Waals surface area (Å²) in [7, 11) is -3.79. The lowest BCUT2D eigenvalue weighted by Crippen LogP contribution is -2.14. The lowest BCUT2D eigenvalue weighted by atomic mass is 10.2. The fourth-order valence-corrected chi connectivity index (χ4v) is 2.72. The Bertz CT molecular complexity index is 672. The first-order valence-electron chi connectivity index (χ1n) is 5.77. The number of sulfonamides is 1. The fraction of sp³-hybridized carbons (Fsp3) is 0.250. The van der Waals surface area contributed by atoms with E-state index in [1.54, 1.807) is 23.6 Å². The lowest BCUT2D eigenvalue weighted by molar-refractivity contribution is 0.477. The van der Waals surface area contributed by atoms with Gasteiger partial charge in [-0.05, 0) is 25.5 Å². The van der Waals surface area contributed by atoms with E-state index in [1.165, 1.54) is 18.6 Å². The van der Waals surface area contributed by atoms with Crippen molar-refractivity contribution in [2.75, 3.05) is 4.72 Å². The summed E-state index contributed by atoms with van der Waals surface area (Å²) in [5.41, 5.74) is 0.812. The average molecular weight is 281 g/mol. The van der Waals surface area contributed by atoms with Crippen LogP contribution in [0.1, 0.15) is 12.5 Å². The Morgan fingerprint density at radius 1 is 1.42 bits per heavy atom. The number of nitrogens with one attached hydrogen (secondary N) is 1. The second-order valence-electron chi connectivity index (χ2n) is 4.12. The Morgan fingerprint density at radius 3 is 2.74 bits per heavy atom. The number of aryl methyl sites for hydroxylation is 2. The number of phenolic OH excluding ortho intramolecular Hbond substituents is 1. The quantitative estimate of drug-likeness (QED) is 0.836. The Labute approximate surface area is 111 Å². The SMILES string of the molecule is CCn1cnc(S(=O)(=O)Nc2c(C)cccc2O)c1. The van der Waals surface area contributed by atoms with Crippen molar-refractivity contribution in [1.82, 2.24) is 9.55 Å². The van der Waals surface area contributed by atoms with Gasteiger partial charge in [0.2, 0.25) is 0 Å². The molecule has 0 saturated carbocycles. The molecule has 0 radical (unpaired) electrons. The van der Waals surface area contributed by atoms with Gasteiger partial charge in [0.1, 0.15) is 5.75 Å². The maximum absolute atomic E-state index is 12.1. The molecule has 0 atom stereocenters. The molecule has 0 fully saturated rings. The van der Waals surface area contributed by atoms with E-state index in [4.69, 9.17) is 0 Å². The predicted octanol–water partition coefficient (Wildman–Crippen LogP) is 1.72. The molecular formula is C12H15N3O3S. The van der Waals surface area contributed by atoms with Crippen molar-refractivity contribution in [1.29, 1.82) is 0 Å². The second-order valence-corrected chi connectivity index (χ2v) is 5.75. The summed E-state index contributed by atoms with van der Waals surface area (Å²) in [6, 6.07) is 4.78. The van der Waals surface area contributed by atoms with Gasteiger partial charge < -0.3 is 9.67 Å². The van der Waals surface area contributed by atoms with Gasteiger partial charge in [-0.1, -0.05) is 12.1 Å². The Hall–Kier alpha value is -2.02. The molecule has 6 nitrogen and oxygen atoms in total. The van der Waals surface area contributed by atoms with E-state index in [-0.39, 0.29) is 16.5 Å². The van der Waals surface area contributed by atoms with Crippen LogP contribution in [0.25, 0.3) is 0 Å². The number of hydrogen-bond donors (Lipinski definition) is 2. The van der Waals surface area contributed by atoms with Gasteiger partial charge >= 0.3 is 0 Å². The zero-order valence-electron chi connectivity index (χ0n) is 10.7. The molecule has 1 aromatic heterocycles. The maximum atomic E-state index is 12.1. The minimum Gasteiger partial charge on any atom is -0.506 e. The number of nitrogens with zero attached hydrogens (tertiary/aromatic N) is 2. The van der Waals surface area contributed by atoms with Crippen LogP contribution in [0.15, 0.2) is 35.7 Å². The van der Waals surface area contributed by atoms with Crippen LogP contribution in [0.5, 0.6) is 5.75 Å². The lowest BCUT2D eigenvalue weighted by Gasteiger charge is -2.10. The molecule has 2 aromatic rings. The molecule has 0 aliphatic carbocycles. The van der Waals surface area contributed by atoms with Crippen LogP contribution in [-0.2, 0) is 16.6 Å². The van der Waals surface area contributed by atoms with E-state index in [9.17, 15) is 13.5 Å². The minimum absolute atomic E-state index is 0.0722. The number of rotatable bonds is 4. The zero-order chi connectivity index (χ0) is 14.0. The normalized spacial score (nSPS) is 11.5. The molecule has 0 spiro atoms. The number of phenols is 1. The molecule has 19 heavy (non-hydrogen) atoms. The summed E-state index contributed by atoms with van der Waals surface area (Å²) in [6.07, 6.45) is 2.89. The van der Waals surface area contributed by atoms with Crippen LogP contribution in [0.2, 0.25) is 0 Å². The highest BCUT2D eigenvalue weighted by Crippen LogP contribution is 2.28. The van der Waals surface area contributed by atoms with Crippen molar-refractivity contribution in [3.63, 3.8) is 0 Å². The molecule has 2 N–H and O–H groups in total. The molecule has 0 saturated heterocycles. The van der Waals surface area contributed by atoms with Gasteiger partial charge in [0.05, 0.1) is 12.0 Å². The number of hydrogen-bond acceptors (Lipinski definition) is 4. The highest BCUT2D eigenvalue weighted by molar-refractivity contribution is 7.92. The molecule has 0 bridgehead atoms. The molecule has 0 aliphatic heterocycles. The summed E-state index contributed by atoms with van der Waals surface area (Å²) in [5.74, 6) is -0.113. The van der Waals surface area contributed by atoms with Gasteiger partial charge in [-0.3, -0.25) is 4.72 Å². The number of benzene rings is 1. The predicted molar refractivity (Wildman–Crippen MR) is 71.6 cm³/mol. The Kier molecular flexibility index (Phi) is 3.48. The van der Waals surface area contributed by atoms with Crippen molar-refractivity contribution in [3.8, 4) is 5.75 Å². The third-order valence-corrected chi connectivity index (χ3v) is 3.97. The standard InChI is InChI=1S/C12H15N3O3S/c1-3-15-7-11(13-8-15)19(17,18)14-12-9(2)5-4-6-10(12)16/h4-8,14,16H,3H2,1-2H3. The third-order valence-electron chi connectivity index (χ3n) is 2.74. The Morgan fingerprint density at radius 2 is 2.16 bits per heavy atom. The van der Waals surface area contributed by atoms with E-state index in [1.807, 2.05) is 6.92 Å². The van der Waals surface area contributed by atoms with Crippen LogP contribution >= 0.6 is 0 Å². The Balaban J connectivity index is 2.36. The van der Waals surface area contributed by atoms with Crippen molar-refractivity contribution < 1.29 is 13.5 Å². The first-order valence-corrected chi connectivity index (χ1v) is 7.25. The highest BCUT2D eigenvalue weighted by atomic mass is 32.2. The molecule has 2 rings (SSSR count). The number of imidazole rings is 1. The minimum atomic E-state index is -3.79. The number of aromatic nitrogens is 2. The number of aromatic hydroxyl groups is 1. The van der Waals surface area contributed by atoms with Crippen LogP contribution in [-0.4, -0.2) is 23.1 Å². The van der Waals surface area contributed by atoms with E-state index in [0.29, 0.717) is 12.1 Å². The van der Waals surface area contributed by atoms with Crippen LogP contribution in [0, 0.1) is 6.92 Å². The number of anilines is 1. The fourth-order valence-electron chi connectivity index (χ4n) is 1.62. The molecule has 1 aromatic carbocycles. The summed E-state index contributed by atoms with van der Waals surface area (Å²) in [5, 5.41) is 9.63. The highest BCUT2D eigenvalue weighted by Gasteiger charge is 2.19. The molecule has 102 valence electrons. The first kappa shape index (κ1) is 13.4. The van der Waals surface area contributed by atoms with Gasteiger partial charge in [0, 0.05) is 12.7 Å². The van der Waals surface area contributed by atoms with Crippen molar-refractivity contribution in [2.45, 2.75) is 25.4 Å². The maximum Gasteiger partial charge on any atom is 0.281 e. The van der Waals surface area contributed by atoms with Crippen LogP contribution < -0.4 is 4.72 Å². The average Bonchev–Trinajstić information content (AvgIpc) is 2.83. The van der Waals surface area contributed by atoms with E-state index in [2.05, 4.69) is 9.71 Å². The molecule has 1 heterocycles. The topological polar surface area (TPSA) is 84.2 Å². The monoisotopic (exact) mass is 281 g/mol. The smallest absolute Gasteiger partial charge is 0.281 e. The van der Waals surface area contributed by atoms with Gasteiger partial charge in [-0.25, -0.2) is 4.98 Å². The van der Waals surface area contributed by atoms with Crippen LogP contribution in [0.4, 0.5) is 5.69 Å².